The predicted octanol–water partition coefficient (Wildman–Crippen LogP) is 5.62. The van der Waals surface area contributed by atoms with E-state index in [0.29, 0.717) is 32.1 Å². The number of hydrogen-bond acceptors (Lipinski definition) is 7. The van der Waals surface area contributed by atoms with Gasteiger partial charge in [-0.05, 0) is 41.0 Å². The maximum Gasteiger partial charge on any atom is 0.269 e. The van der Waals surface area contributed by atoms with Crippen LogP contribution >= 0.6 is 35.6 Å². The molecule has 1 amide bonds. The first-order valence-electron chi connectivity index (χ1n) is 9.70. The second-order valence-corrected chi connectivity index (χ2v) is 9.12. The fourth-order valence-electron chi connectivity index (χ4n) is 3.11. The number of hydrogen-bond donors (Lipinski definition) is 0. The molecule has 1 aliphatic heterocycles. The van der Waals surface area contributed by atoms with Crippen LogP contribution in [0.25, 0.3) is 6.08 Å². The Morgan fingerprint density at radius 2 is 2.00 bits per heavy atom. The van der Waals surface area contributed by atoms with Gasteiger partial charge in [0.15, 0.2) is 0 Å². The number of ether oxygens (including phenoxy) is 1. The molecular weight excluding hydrogens is 482 g/mol. The Hall–Kier alpha value is -3.27. The zero-order chi connectivity index (χ0) is 23.4. The average Bonchev–Trinajstić information content (AvgIpc) is 3.06. The van der Waals surface area contributed by atoms with Gasteiger partial charge >= 0.3 is 0 Å². The molecule has 2 heterocycles. The summed E-state index contributed by atoms with van der Waals surface area (Å²) in [6, 6.07) is 15.1. The third-order valence-electron chi connectivity index (χ3n) is 4.71. The monoisotopic (exact) mass is 497 g/mol. The summed E-state index contributed by atoms with van der Waals surface area (Å²) in [5.41, 5.74) is 2.27. The summed E-state index contributed by atoms with van der Waals surface area (Å²) in [6.45, 7) is 0.495. The largest absolute Gasteiger partial charge is 0.487 e. The lowest BCUT2D eigenvalue weighted by atomic mass is 10.2. The van der Waals surface area contributed by atoms with Gasteiger partial charge < -0.3 is 4.74 Å². The van der Waals surface area contributed by atoms with Crippen molar-refractivity contribution in [3.8, 4) is 5.75 Å². The number of halogens is 1. The number of carbonyl (C=O) groups excluding carboxylic acids is 1. The van der Waals surface area contributed by atoms with Crippen LogP contribution in [0.5, 0.6) is 5.75 Å². The molecule has 3 aromatic rings. The molecule has 0 N–H and O–H groups in total. The Bertz CT molecular complexity index is 1270. The summed E-state index contributed by atoms with van der Waals surface area (Å²) in [6.07, 6.45) is 5.11. The van der Waals surface area contributed by atoms with E-state index in [1.807, 2.05) is 12.1 Å². The smallest absolute Gasteiger partial charge is 0.269 e. The number of thioether (sulfide) groups is 1. The van der Waals surface area contributed by atoms with E-state index < -0.39 is 4.92 Å². The first kappa shape index (κ1) is 22.9. The lowest BCUT2D eigenvalue weighted by Gasteiger charge is -2.13. The van der Waals surface area contributed by atoms with Crippen molar-refractivity contribution in [2.45, 2.75) is 13.2 Å². The highest BCUT2D eigenvalue weighted by atomic mass is 35.5. The minimum atomic E-state index is -0.454. The van der Waals surface area contributed by atoms with Gasteiger partial charge in [0.1, 0.15) is 16.7 Å². The molecule has 0 bridgehead atoms. The van der Waals surface area contributed by atoms with E-state index in [1.165, 1.54) is 23.9 Å². The van der Waals surface area contributed by atoms with Gasteiger partial charge in [-0.1, -0.05) is 59.8 Å². The van der Waals surface area contributed by atoms with Crippen molar-refractivity contribution in [3.63, 3.8) is 0 Å². The molecule has 1 saturated heterocycles. The summed E-state index contributed by atoms with van der Waals surface area (Å²) in [4.78, 5) is 29.4. The van der Waals surface area contributed by atoms with Crippen LogP contribution < -0.4 is 4.74 Å². The molecule has 1 aliphatic rings. The number of nitro groups is 1. The number of aromatic nitrogens is 1. The number of carbonyl (C=O) groups is 1. The van der Waals surface area contributed by atoms with E-state index in [2.05, 4.69) is 4.98 Å². The van der Waals surface area contributed by atoms with Crippen molar-refractivity contribution in [1.82, 2.24) is 9.88 Å². The molecule has 0 spiro atoms. The third-order valence-corrected chi connectivity index (χ3v) is 6.38. The first-order valence-corrected chi connectivity index (χ1v) is 11.3. The average molecular weight is 498 g/mol. The Morgan fingerprint density at radius 1 is 1.18 bits per heavy atom. The van der Waals surface area contributed by atoms with Crippen molar-refractivity contribution in [2.24, 2.45) is 0 Å². The lowest BCUT2D eigenvalue weighted by Crippen LogP contribution is -2.27. The van der Waals surface area contributed by atoms with Gasteiger partial charge in [0.05, 0.1) is 21.4 Å². The summed E-state index contributed by atoms with van der Waals surface area (Å²) >= 11 is 13.0. The SMILES string of the molecule is O=C1/C(=C/c2ccc(OCc3cccc([N+](=O)[O-])c3)c(Cl)c2)SC(=S)N1Cc1cccnc1. The van der Waals surface area contributed by atoms with Crippen molar-refractivity contribution >= 4 is 57.6 Å². The summed E-state index contributed by atoms with van der Waals surface area (Å²) in [5.74, 6) is 0.264. The van der Waals surface area contributed by atoms with E-state index in [9.17, 15) is 14.9 Å². The standard InChI is InChI=1S/C23H16ClN3O4S2/c24-19-10-15(6-7-20(19)31-14-16-3-1-5-18(9-16)27(29)30)11-21-22(28)26(23(32)33-21)13-17-4-2-8-25-12-17/h1-12H,13-14H2/b21-11-. The minimum absolute atomic E-state index is 0.00149. The van der Waals surface area contributed by atoms with Crippen LogP contribution in [0.2, 0.25) is 5.02 Å². The first-order chi connectivity index (χ1) is 15.9. The maximum absolute atomic E-state index is 12.8. The van der Waals surface area contributed by atoms with Crippen LogP contribution in [-0.2, 0) is 17.9 Å². The van der Waals surface area contributed by atoms with Crippen LogP contribution in [0.15, 0.2) is 71.9 Å². The van der Waals surface area contributed by atoms with Gasteiger partial charge in [0, 0.05) is 24.5 Å². The zero-order valence-corrected chi connectivity index (χ0v) is 19.4. The number of thiocarbonyl (C=S) groups is 1. The molecule has 1 aromatic heterocycles. The second kappa shape index (κ2) is 10.1. The number of benzene rings is 2. The van der Waals surface area contributed by atoms with Crippen molar-refractivity contribution in [1.29, 1.82) is 0 Å². The lowest BCUT2D eigenvalue weighted by molar-refractivity contribution is -0.384. The Labute approximate surface area is 204 Å². The van der Waals surface area contributed by atoms with Crippen molar-refractivity contribution in [2.75, 3.05) is 0 Å². The molecule has 10 heteroatoms. The molecule has 0 aliphatic carbocycles. The zero-order valence-electron chi connectivity index (χ0n) is 17.0. The Morgan fingerprint density at radius 3 is 2.73 bits per heavy atom. The van der Waals surface area contributed by atoms with Crippen LogP contribution in [0.1, 0.15) is 16.7 Å². The molecule has 4 rings (SSSR count). The molecule has 7 nitrogen and oxygen atoms in total. The molecule has 33 heavy (non-hydrogen) atoms. The van der Waals surface area contributed by atoms with E-state index in [-0.39, 0.29) is 18.2 Å². The normalized spacial score (nSPS) is 14.7. The summed E-state index contributed by atoms with van der Waals surface area (Å²) in [7, 11) is 0. The number of amides is 1. The minimum Gasteiger partial charge on any atom is -0.487 e. The van der Waals surface area contributed by atoms with E-state index >= 15 is 0 Å². The van der Waals surface area contributed by atoms with E-state index in [0.717, 1.165) is 11.1 Å². The molecule has 0 unspecified atom stereocenters. The van der Waals surface area contributed by atoms with Gasteiger partial charge in [-0.25, -0.2) is 0 Å². The molecule has 0 atom stereocenters. The number of nitro benzene ring substituents is 1. The molecular formula is C23H16ClN3O4S2. The molecule has 2 aromatic carbocycles. The fourth-order valence-corrected chi connectivity index (χ4v) is 4.61. The van der Waals surface area contributed by atoms with E-state index in [4.69, 9.17) is 28.6 Å². The third kappa shape index (κ3) is 5.57. The number of nitrogens with zero attached hydrogens (tertiary/aromatic N) is 3. The maximum atomic E-state index is 12.8. The predicted molar refractivity (Wildman–Crippen MR) is 132 cm³/mol. The van der Waals surface area contributed by atoms with Crippen LogP contribution in [0.4, 0.5) is 5.69 Å². The second-order valence-electron chi connectivity index (χ2n) is 7.03. The van der Waals surface area contributed by atoms with Crippen molar-refractivity contribution in [3.05, 3.63) is 104 Å². The van der Waals surface area contributed by atoms with Gasteiger partial charge in [-0.2, -0.15) is 0 Å². The summed E-state index contributed by atoms with van der Waals surface area (Å²) in [5, 5.41) is 11.3. The topological polar surface area (TPSA) is 85.6 Å². The number of rotatable bonds is 7. The van der Waals surface area contributed by atoms with E-state index in [1.54, 1.807) is 53.7 Å². The quantitative estimate of drug-likeness (QED) is 0.181. The number of pyridine rings is 1. The Balaban J connectivity index is 1.44. The highest BCUT2D eigenvalue weighted by Gasteiger charge is 2.32. The van der Waals surface area contributed by atoms with Crippen LogP contribution in [0, 0.1) is 10.1 Å². The summed E-state index contributed by atoms with van der Waals surface area (Å²) < 4.78 is 6.21. The van der Waals surface area contributed by atoms with Gasteiger partial charge in [0.25, 0.3) is 11.6 Å². The highest BCUT2D eigenvalue weighted by Crippen LogP contribution is 2.35. The highest BCUT2D eigenvalue weighted by molar-refractivity contribution is 8.26. The van der Waals surface area contributed by atoms with Gasteiger partial charge in [0.2, 0.25) is 0 Å². The molecule has 0 radical (unpaired) electrons. The van der Waals surface area contributed by atoms with Gasteiger partial charge in [-0.15, -0.1) is 0 Å². The number of non-ortho nitro benzene ring substituents is 1. The Kier molecular flexibility index (Phi) is 7.02. The fraction of sp³-hybridized carbons (Fsp3) is 0.0870. The van der Waals surface area contributed by atoms with Gasteiger partial charge in [-0.3, -0.25) is 24.8 Å². The van der Waals surface area contributed by atoms with Crippen LogP contribution in [-0.4, -0.2) is 25.0 Å². The van der Waals surface area contributed by atoms with Crippen molar-refractivity contribution < 1.29 is 14.5 Å². The molecule has 0 saturated carbocycles. The van der Waals surface area contributed by atoms with Crippen LogP contribution in [0.3, 0.4) is 0 Å². The molecule has 1 fully saturated rings. The molecule has 166 valence electrons.